The fraction of sp³-hybridized carbons (Fsp3) is 0.0500. The van der Waals surface area contributed by atoms with Gasteiger partial charge in [0.1, 0.15) is 12.4 Å². The molecule has 4 heteroatoms. The Morgan fingerprint density at radius 1 is 0.875 bits per heavy atom. The molecule has 3 nitrogen and oxygen atoms in total. The Bertz CT molecular complexity index is 814. The van der Waals surface area contributed by atoms with Crippen molar-refractivity contribution in [3.8, 4) is 5.75 Å². The van der Waals surface area contributed by atoms with Gasteiger partial charge in [0, 0.05) is 4.90 Å². The van der Waals surface area contributed by atoms with Crippen molar-refractivity contribution in [3.63, 3.8) is 0 Å². The standard InChI is InChI=1S/C20H16O3S/c21-20(22)16-10-12-17(13-11-16)24-19-9-5-4-8-18(19)23-14-15-6-2-1-3-7-15/h1-13H,14H2,(H,21,22). The van der Waals surface area contributed by atoms with E-state index in [9.17, 15) is 4.79 Å². The van der Waals surface area contributed by atoms with Gasteiger partial charge in [0.2, 0.25) is 0 Å². The van der Waals surface area contributed by atoms with E-state index in [0.29, 0.717) is 6.61 Å². The quantitative estimate of drug-likeness (QED) is 0.679. The molecule has 0 heterocycles. The first-order valence-electron chi connectivity index (χ1n) is 7.49. The summed E-state index contributed by atoms with van der Waals surface area (Å²) in [7, 11) is 0. The van der Waals surface area contributed by atoms with Crippen molar-refractivity contribution < 1.29 is 14.6 Å². The molecule has 24 heavy (non-hydrogen) atoms. The monoisotopic (exact) mass is 336 g/mol. The molecule has 0 aliphatic heterocycles. The maximum atomic E-state index is 10.9. The molecule has 0 amide bonds. The van der Waals surface area contributed by atoms with E-state index in [1.807, 2.05) is 66.7 Å². The number of hydrogen-bond acceptors (Lipinski definition) is 3. The fourth-order valence-corrected chi connectivity index (χ4v) is 3.08. The Labute approximate surface area is 144 Å². The van der Waals surface area contributed by atoms with E-state index in [-0.39, 0.29) is 5.56 Å². The van der Waals surface area contributed by atoms with Gasteiger partial charge in [0.25, 0.3) is 0 Å². The maximum Gasteiger partial charge on any atom is 0.335 e. The Balaban J connectivity index is 1.73. The number of aromatic carboxylic acids is 1. The van der Waals surface area contributed by atoms with Gasteiger partial charge in [0.05, 0.1) is 10.5 Å². The molecule has 0 aliphatic carbocycles. The summed E-state index contributed by atoms with van der Waals surface area (Å²) >= 11 is 1.55. The van der Waals surface area contributed by atoms with Crippen molar-refractivity contribution in [2.45, 2.75) is 16.4 Å². The molecule has 3 aromatic rings. The molecule has 0 saturated carbocycles. The molecule has 3 rings (SSSR count). The van der Waals surface area contributed by atoms with Crippen molar-refractivity contribution in [3.05, 3.63) is 90.0 Å². The third-order valence-electron chi connectivity index (χ3n) is 3.42. The molecule has 0 spiro atoms. The van der Waals surface area contributed by atoms with Crippen LogP contribution in [0.2, 0.25) is 0 Å². The van der Waals surface area contributed by atoms with E-state index in [1.54, 1.807) is 23.9 Å². The molecule has 0 atom stereocenters. The largest absolute Gasteiger partial charge is 0.488 e. The minimum absolute atomic E-state index is 0.285. The average molecular weight is 336 g/mol. The number of para-hydroxylation sites is 1. The van der Waals surface area contributed by atoms with Gasteiger partial charge >= 0.3 is 5.97 Å². The van der Waals surface area contributed by atoms with Crippen LogP contribution >= 0.6 is 11.8 Å². The third-order valence-corrected chi connectivity index (χ3v) is 4.48. The van der Waals surface area contributed by atoms with Crippen LogP contribution < -0.4 is 4.74 Å². The molecular weight excluding hydrogens is 320 g/mol. The minimum Gasteiger partial charge on any atom is -0.488 e. The summed E-state index contributed by atoms with van der Waals surface area (Å²) in [6, 6.07) is 24.7. The Hall–Kier alpha value is -2.72. The summed E-state index contributed by atoms with van der Waals surface area (Å²) in [6.07, 6.45) is 0. The van der Waals surface area contributed by atoms with Gasteiger partial charge in [-0.05, 0) is 42.0 Å². The number of ether oxygens (including phenoxy) is 1. The van der Waals surface area contributed by atoms with Crippen LogP contribution in [0.1, 0.15) is 15.9 Å². The van der Waals surface area contributed by atoms with Crippen LogP contribution in [0, 0.1) is 0 Å². The third kappa shape index (κ3) is 4.18. The molecule has 0 radical (unpaired) electrons. The number of hydrogen-bond donors (Lipinski definition) is 1. The predicted octanol–water partition coefficient (Wildman–Crippen LogP) is 5.12. The summed E-state index contributed by atoms with van der Waals surface area (Å²) in [6.45, 7) is 0.510. The summed E-state index contributed by atoms with van der Waals surface area (Å²) in [5, 5.41) is 8.96. The van der Waals surface area contributed by atoms with Gasteiger partial charge in [-0.15, -0.1) is 0 Å². The molecule has 1 N–H and O–H groups in total. The molecule has 0 saturated heterocycles. The zero-order valence-electron chi connectivity index (χ0n) is 12.9. The molecule has 0 aliphatic rings. The van der Waals surface area contributed by atoms with Crippen molar-refractivity contribution in [1.29, 1.82) is 0 Å². The van der Waals surface area contributed by atoms with Crippen LogP contribution in [0.15, 0.2) is 88.7 Å². The summed E-state index contributed by atoms with van der Waals surface area (Å²) in [5.74, 6) is -0.105. The van der Waals surface area contributed by atoms with E-state index in [0.717, 1.165) is 21.1 Å². The second-order valence-electron chi connectivity index (χ2n) is 5.15. The zero-order valence-corrected chi connectivity index (χ0v) is 13.7. The highest BCUT2D eigenvalue weighted by Gasteiger charge is 2.07. The number of carbonyl (C=O) groups is 1. The lowest BCUT2D eigenvalue weighted by atomic mass is 10.2. The highest BCUT2D eigenvalue weighted by Crippen LogP contribution is 2.35. The average Bonchev–Trinajstić information content (AvgIpc) is 2.62. The fourth-order valence-electron chi connectivity index (χ4n) is 2.18. The van der Waals surface area contributed by atoms with Gasteiger partial charge in [-0.25, -0.2) is 4.79 Å². The van der Waals surface area contributed by atoms with E-state index in [4.69, 9.17) is 9.84 Å². The summed E-state index contributed by atoms with van der Waals surface area (Å²) in [4.78, 5) is 12.9. The van der Waals surface area contributed by atoms with Gasteiger partial charge in [-0.2, -0.15) is 0 Å². The first-order valence-corrected chi connectivity index (χ1v) is 8.31. The second-order valence-corrected chi connectivity index (χ2v) is 6.27. The Morgan fingerprint density at radius 2 is 1.54 bits per heavy atom. The van der Waals surface area contributed by atoms with Crippen molar-refractivity contribution in [2.24, 2.45) is 0 Å². The smallest absolute Gasteiger partial charge is 0.335 e. The molecule has 0 unspecified atom stereocenters. The lowest BCUT2D eigenvalue weighted by Crippen LogP contribution is -1.96. The van der Waals surface area contributed by atoms with Crippen molar-refractivity contribution in [1.82, 2.24) is 0 Å². The molecule has 3 aromatic carbocycles. The molecule has 0 aromatic heterocycles. The normalized spacial score (nSPS) is 10.3. The predicted molar refractivity (Wildman–Crippen MR) is 94.7 cm³/mol. The van der Waals surface area contributed by atoms with E-state index in [2.05, 4.69) is 0 Å². The van der Waals surface area contributed by atoms with Crippen LogP contribution in [-0.4, -0.2) is 11.1 Å². The zero-order chi connectivity index (χ0) is 16.8. The number of rotatable bonds is 6. The lowest BCUT2D eigenvalue weighted by molar-refractivity contribution is 0.0697. The van der Waals surface area contributed by atoms with E-state index >= 15 is 0 Å². The van der Waals surface area contributed by atoms with E-state index < -0.39 is 5.97 Å². The highest BCUT2D eigenvalue weighted by atomic mass is 32.2. The van der Waals surface area contributed by atoms with Crippen LogP contribution in [-0.2, 0) is 6.61 Å². The maximum absolute atomic E-state index is 10.9. The number of carboxylic acids is 1. The summed E-state index contributed by atoms with van der Waals surface area (Å²) < 4.78 is 5.94. The van der Waals surface area contributed by atoms with Gasteiger partial charge < -0.3 is 9.84 Å². The van der Waals surface area contributed by atoms with Gasteiger partial charge in [-0.3, -0.25) is 0 Å². The van der Waals surface area contributed by atoms with Crippen LogP contribution in [0.4, 0.5) is 0 Å². The Kier molecular flexibility index (Phi) is 5.18. The molecular formula is C20H16O3S. The summed E-state index contributed by atoms with van der Waals surface area (Å²) in [5.41, 5.74) is 1.40. The van der Waals surface area contributed by atoms with Crippen molar-refractivity contribution >= 4 is 17.7 Å². The molecule has 0 bridgehead atoms. The van der Waals surface area contributed by atoms with Crippen LogP contribution in [0.5, 0.6) is 5.75 Å². The van der Waals surface area contributed by atoms with Crippen molar-refractivity contribution in [2.75, 3.05) is 0 Å². The second kappa shape index (κ2) is 7.70. The first kappa shape index (κ1) is 16.1. The molecule has 0 fully saturated rings. The lowest BCUT2D eigenvalue weighted by Gasteiger charge is -2.11. The van der Waals surface area contributed by atoms with E-state index in [1.165, 1.54) is 0 Å². The van der Waals surface area contributed by atoms with Gasteiger partial charge in [0.15, 0.2) is 0 Å². The topological polar surface area (TPSA) is 46.5 Å². The minimum atomic E-state index is -0.918. The Morgan fingerprint density at radius 3 is 2.25 bits per heavy atom. The van der Waals surface area contributed by atoms with Crippen LogP contribution in [0.3, 0.4) is 0 Å². The number of carboxylic acid groups (broad SMARTS) is 1. The molecule has 120 valence electrons. The van der Waals surface area contributed by atoms with Crippen LogP contribution in [0.25, 0.3) is 0 Å². The highest BCUT2D eigenvalue weighted by molar-refractivity contribution is 7.99. The van der Waals surface area contributed by atoms with Gasteiger partial charge in [-0.1, -0.05) is 54.2 Å². The number of benzene rings is 3. The first-order chi connectivity index (χ1) is 11.7. The SMILES string of the molecule is O=C(O)c1ccc(Sc2ccccc2OCc2ccccc2)cc1.